The number of nitrogens with zero attached hydrogens (tertiary/aromatic N) is 2. The number of hydrogen-bond donors (Lipinski definition) is 1. The van der Waals surface area contributed by atoms with E-state index in [-0.39, 0.29) is 34.7 Å². The summed E-state index contributed by atoms with van der Waals surface area (Å²) in [7, 11) is 2.94. The average Bonchev–Trinajstić information content (AvgIpc) is 3.33. The lowest BCUT2D eigenvalue weighted by atomic mass is 10.2. The van der Waals surface area contributed by atoms with Crippen molar-refractivity contribution in [2.75, 3.05) is 34.8 Å². The first-order valence-corrected chi connectivity index (χ1v) is 12.7. The van der Waals surface area contributed by atoms with Crippen LogP contribution in [0.4, 0.5) is 0 Å². The molecule has 0 unspecified atom stereocenters. The predicted molar refractivity (Wildman–Crippen MR) is 131 cm³/mol. The molecule has 1 heterocycles. The van der Waals surface area contributed by atoms with E-state index in [4.69, 9.17) is 4.74 Å². The summed E-state index contributed by atoms with van der Waals surface area (Å²) in [6.45, 7) is 0.600. The van der Waals surface area contributed by atoms with E-state index in [9.17, 15) is 13.2 Å². The van der Waals surface area contributed by atoms with Crippen molar-refractivity contribution in [2.45, 2.75) is 17.5 Å². The highest BCUT2D eigenvalue weighted by atomic mass is 32.2. The normalized spacial score (nSPS) is 12.7. The van der Waals surface area contributed by atoms with Crippen LogP contribution < -0.4 is 10.1 Å². The summed E-state index contributed by atoms with van der Waals surface area (Å²) < 4.78 is 33.2. The van der Waals surface area contributed by atoms with Crippen LogP contribution in [-0.2, 0) is 16.6 Å². The van der Waals surface area contributed by atoms with Gasteiger partial charge >= 0.3 is 0 Å². The van der Waals surface area contributed by atoms with E-state index in [0.29, 0.717) is 6.54 Å². The lowest BCUT2D eigenvalue weighted by Crippen LogP contribution is -2.34. The van der Waals surface area contributed by atoms with Crippen molar-refractivity contribution in [3.63, 3.8) is 0 Å². The molecule has 1 N–H and O–H groups in total. The van der Waals surface area contributed by atoms with Crippen LogP contribution in [-0.4, -0.2) is 58.3 Å². The van der Waals surface area contributed by atoms with Gasteiger partial charge in [0.2, 0.25) is 10.0 Å². The average molecular weight is 488 g/mol. The zero-order valence-electron chi connectivity index (χ0n) is 19.2. The molecule has 0 fully saturated rings. The monoisotopic (exact) mass is 487 g/mol. The molecular formula is C24H29N3O4S2. The van der Waals surface area contributed by atoms with Crippen LogP contribution in [0.1, 0.15) is 26.8 Å². The van der Waals surface area contributed by atoms with Gasteiger partial charge in [-0.2, -0.15) is 4.31 Å². The highest BCUT2D eigenvalue weighted by Gasteiger charge is 2.27. The van der Waals surface area contributed by atoms with E-state index in [1.165, 1.54) is 30.6 Å². The van der Waals surface area contributed by atoms with E-state index < -0.39 is 10.0 Å². The van der Waals surface area contributed by atoms with Crippen molar-refractivity contribution in [2.24, 2.45) is 0 Å². The van der Waals surface area contributed by atoms with Gasteiger partial charge in [0, 0.05) is 30.6 Å². The number of thiophene rings is 1. The van der Waals surface area contributed by atoms with Gasteiger partial charge in [-0.3, -0.25) is 4.79 Å². The summed E-state index contributed by atoms with van der Waals surface area (Å²) in [4.78, 5) is 16.0. The van der Waals surface area contributed by atoms with Gasteiger partial charge in [-0.05, 0) is 49.3 Å². The van der Waals surface area contributed by atoms with E-state index in [2.05, 4.69) is 5.32 Å². The molecule has 33 heavy (non-hydrogen) atoms. The maximum absolute atomic E-state index is 13.3. The Labute approximate surface area is 199 Å². The third-order valence-corrected chi connectivity index (χ3v) is 8.11. The fourth-order valence-corrected chi connectivity index (χ4v) is 5.68. The predicted octanol–water partition coefficient (Wildman–Crippen LogP) is 3.61. The van der Waals surface area contributed by atoms with Gasteiger partial charge in [0.25, 0.3) is 5.91 Å². The molecule has 0 spiro atoms. The van der Waals surface area contributed by atoms with Crippen molar-refractivity contribution in [1.29, 1.82) is 0 Å². The molecule has 9 heteroatoms. The Morgan fingerprint density at radius 1 is 1.06 bits per heavy atom. The minimum atomic E-state index is -3.89. The summed E-state index contributed by atoms with van der Waals surface area (Å²) in [5, 5.41) is 4.93. The molecule has 0 bridgehead atoms. The Morgan fingerprint density at radius 2 is 1.79 bits per heavy atom. The molecule has 0 aliphatic heterocycles. The summed E-state index contributed by atoms with van der Waals surface area (Å²) in [5.41, 5.74) is 1.12. The molecular weight excluding hydrogens is 458 g/mol. The fourth-order valence-electron chi connectivity index (χ4n) is 3.42. The Morgan fingerprint density at radius 3 is 2.39 bits per heavy atom. The zero-order chi connectivity index (χ0) is 24.0. The maximum atomic E-state index is 13.3. The van der Waals surface area contributed by atoms with Crippen molar-refractivity contribution in [3.05, 3.63) is 82.0 Å². The van der Waals surface area contributed by atoms with Crippen LogP contribution in [0.25, 0.3) is 0 Å². The van der Waals surface area contributed by atoms with Gasteiger partial charge in [0.1, 0.15) is 10.6 Å². The molecule has 1 atom stereocenters. The van der Waals surface area contributed by atoms with E-state index >= 15 is 0 Å². The molecule has 1 aromatic heterocycles. The number of benzene rings is 2. The summed E-state index contributed by atoms with van der Waals surface area (Å²) in [6.07, 6.45) is 0. The first-order chi connectivity index (χ1) is 15.7. The number of ether oxygens (including phenoxy) is 1. The molecule has 7 nitrogen and oxygen atoms in total. The molecule has 0 saturated carbocycles. The topological polar surface area (TPSA) is 79.0 Å². The number of methoxy groups -OCH3 is 1. The standard InChI is InChI=1S/C24H29N3O4S2/c1-26(2)20(22-11-8-14-32-22)16-25-24(28)19-12-13-21(31-4)23(15-19)33(29,30)27(3)17-18-9-6-5-7-10-18/h5-15,20H,16-17H2,1-4H3,(H,25,28)/t20-/m1/s1. The zero-order valence-corrected chi connectivity index (χ0v) is 20.8. The second kappa shape index (κ2) is 10.9. The second-order valence-electron chi connectivity index (χ2n) is 7.82. The van der Waals surface area contributed by atoms with Gasteiger partial charge in [0.05, 0.1) is 13.2 Å². The van der Waals surface area contributed by atoms with Crippen LogP contribution in [0, 0.1) is 0 Å². The van der Waals surface area contributed by atoms with E-state index in [1.807, 2.05) is 66.8 Å². The summed E-state index contributed by atoms with van der Waals surface area (Å²) in [5.74, 6) is -0.153. The molecule has 176 valence electrons. The van der Waals surface area contributed by atoms with Gasteiger partial charge in [0.15, 0.2) is 0 Å². The van der Waals surface area contributed by atoms with E-state index in [1.54, 1.807) is 17.4 Å². The van der Waals surface area contributed by atoms with Gasteiger partial charge in [-0.1, -0.05) is 36.4 Å². The summed E-state index contributed by atoms with van der Waals surface area (Å²) in [6, 6.07) is 17.8. The van der Waals surface area contributed by atoms with Crippen molar-refractivity contribution >= 4 is 27.3 Å². The number of carbonyl (C=O) groups is 1. The fraction of sp³-hybridized carbons (Fsp3) is 0.292. The molecule has 1 amide bonds. The first-order valence-electron chi connectivity index (χ1n) is 10.4. The molecule has 3 aromatic rings. The number of amides is 1. The molecule has 3 rings (SSSR count). The highest BCUT2D eigenvalue weighted by molar-refractivity contribution is 7.89. The summed E-state index contributed by atoms with van der Waals surface area (Å²) >= 11 is 1.63. The van der Waals surface area contributed by atoms with Crippen molar-refractivity contribution in [1.82, 2.24) is 14.5 Å². The largest absolute Gasteiger partial charge is 0.495 e. The molecule has 0 saturated heterocycles. The number of nitrogens with one attached hydrogen (secondary N) is 1. The Hall–Kier alpha value is -2.72. The van der Waals surface area contributed by atoms with Crippen molar-refractivity contribution in [3.8, 4) is 5.75 Å². The molecule has 0 radical (unpaired) electrons. The molecule has 2 aromatic carbocycles. The lowest BCUT2D eigenvalue weighted by Gasteiger charge is -2.23. The maximum Gasteiger partial charge on any atom is 0.251 e. The van der Waals surface area contributed by atoms with Crippen molar-refractivity contribution < 1.29 is 17.9 Å². The van der Waals surface area contributed by atoms with Gasteiger partial charge in [-0.25, -0.2) is 8.42 Å². The minimum absolute atomic E-state index is 0.0207. The third kappa shape index (κ3) is 6.00. The number of rotatable bonds is 10. The minimum Gasteiger partial charge on any atom is -0.495 e. The van der Waals surface area contributed by atoms with Gasteiger partial charge in [-0.15, -0.1) is 11.3 Å². The highest BCUT2D eigenvalue weighted by Crippen LogP contribution is 2.28. The first kappa shape index (κ1) is 24.9. The Balaban J connectivity index is 1.81. The van der Waals surface area contributed by atoms with Crippen LogP contribution >= 0.6 is 11.3 Å². The number of carbonyl (C=O) groups excluding carboxylic acids is 1. The quantitative estimate of drug-likeness (QED) is 0.473. The SMILES string of the molecule is COc1ccc(C(=O)NC[C@H](c2cccs2)N(C)C)cc1S(=O)(=O)N(C)Cc1ccccc1. The Bertz CT molecular complexity index is 1160. The molecule has 0 aliphatic carbocycles. The van der Waals surface area contributed by atoms with Crippen LogP contribution in [0.5, 0.6) is 5.75 Å². The lowest BCUT2D eigenvalue weighted by molar-refractivity contribution is 0.0942. The van der Waals surface area contributed by atoms with E-state index in [0.717, 1.165) is 10.4 Å². The Kier molecular flexibility index (Phi) is 8.25. The van der Waals surface area contributed by atoms with Crippen LogP contribution in [0.15, 0.2) is 70.9 Å². The third-order valence-electron chi connectivity index (χ3n) is 5.31. The molecule has 0 aliphatic rings. The smallest absolute Gasteiger partial charge is 0.251 e. The van der Waals surface area contributed by atoms with Crippen LogP contribution in [0.3, 0.4) is 0 Å². The second-order valence-corrected chi connectivity index (χ2v) is 10.8. The number of likely N-dealkylation sites (N-methyl/N-ethyl adjacent to an activating group) is 1. The van der Waals surface area contributed by atoms with Crippen LogP contribution in [0.2, 0.25) is 0 Å². The van der Waals surface area contributed by atoms with Gasteiger partial charge < -0.3 is 15.0 Å². The number of sulfonamides is 1. The number of hydrogen-bond acceptors (Lipinski definition) is 6.